The summed E-state index contributed by atoms with van der Waals surface area (Å²) in [6, 6.07) is 4.12. The van der Waals surface area contributed by atoms with E-state index >= 15 is 0 Å². The molecule has 0 spiro atoms. The van der Waals surface area contributed by atoms with Crippen LogP contribution in [0.4, 0.5) is 0 Å². The van der Waals surface area contributed by atoms with Crippen LogP contribution in [0.15, 0.2) is 12.1 Å². The van der Waals surface area contributed by atoms with Crippen LogP contribution in [0.2, 0.25) is 0 Å². The molecule has 0 aromatic heterocycles. The third-order valence-corrected chi connectivity index (χ3v) is 2.23. The second-order valence-electron chi connectivity index (χ2n) is 3.56. The maximum Gasteiger partial charge on any atom is 0.155 e. The van der Waals surface area contributed by atoms with E-state index in [-0.39, 0.29) is 0 Å². The van der Waals surface area contributed by atoms with E-state index in [4.69, 9.17) is 10.2 Å². The summed E-state index contributed by atoms with van der Waals surface area (Å²) in [6.07, 6.45) is -0.932. The van der Waals surface area contributed by atoms with Crippen LogP contribution in [0.5, 0.6) is 0 Å². The summed E-state index contributed by atoms with van der Waals surface area (Å²) in [5.74, 6) is 0. The number of rotatable bonds is 2. The summed E-state index contributed by atoms with van der Waals surface area (Å²) in [4.78, 5) is 0. The van der Waals surface area contributed by atoms with Crippen LogP contribution in [0, 0.1) is 20.8 Å². The number of hydrogen-bond donors (Lipinski definition) is 2. The predicted molar refractivity (Wildman–Crippen MR) is 52.6 cm³/mol. The molecule has 1 rings (SSSR count). The summed E-state index contributed by atoms with van der Waals surface area (Å²) >= 11 is 0. The molecule has 0 heterocycles. The van der Waals surface area contributed by atoms with Crippen molar-refractivity contribution in [2.45, 2.75) is 33.5 Å². The third-order valence-electron chi connectivity index (χ3n) is 2.23. The van der Waals surface area contributed by atoms with Crippen molar-refractivity contribution < 1.29 is 10.2 Å². The van der Waals surface area contributed by atoms with Gasteiger partial charge in [0, 0.05) is 6.42 Å². The zero-order chi connectivity index (χ0) is 10.0. The number of aliphatic hydroxyl groups is 2. The van der Waals surface area contributed by atoms with Crippen LogP contribution in [0.1, 0.15) is 22.3 Å². The number of aryl methyl sites for hydroxylation is 3. The SMILES string of the molecule is Cc1cc(C)c(CC(O)O)c(C)c1. The van der Waals surface area contributed by atoms with Crippen molar-refractivity contribution in [3.8, 4) is 0 Å². The van der Waals surface area contributed by atoms with Gasteiger partial charge in [-0.15, -0.1) is 0 Å². The average molecular weight is 180 g/mol. The highest BCUT2D eigenvalue weighted by atomic mass is 16.5. The van der Waals surface area contributed by atoms with Gasteiger partial charge < -0.3 is 10.2 Å². The Balaban J connectivity index is 3.06. The van der Waals surface area contributed by atoms with Gasteiger partial charge in [0.1, 0.15) is 0 Å². The first-order valence-electron chi connectivity index (χ1n) is 4.43. The summed E-state index contributed by atoms with van der Waals surface area (Å²) in [6.45, 7) is 6.04. The molecule has 2 N–H and O–H groups in total. The maximum absolute atomic E-state index is 8.88. The molecule has 72 valence electrons. The maximum atomic E-state index is 8.88. The third kappa shape index (κ3) is 2.54. The van der Waals surface area contributed by atoms with Gasteiger partial charge in [-0.25, -0.2) is 0 Å². The molecule has 0 bridgehead atoms. The Bertz CT molecular complexity index is 280. The van der Waals surface area contributed by atoms with Crippen LogP contribution in [0.3, 0.4) is 0 Å². The minimum absolute atomic E-state index is 0.317. The molecule has 1 aromatic carbocycles. The van der Waals surface area contributed by atoms with Gasteiger partial charge in [0.25, 0.3) is 0 Å². The smallest absolute Gasteiger partial charge is 0.155 e. The molecule has 2 nitrogen and oxygen atoms in total. The minimum Gasteiger partial charge on any atom is -0.368 e. The van der Waals surface area contributed by atoms with E-state index in [2.05, 4.69) is 12.1 Å². The van der Waals surface area contributed by atoms with Crippen molar-refractivity contribution in [3.05, 3.63) is 34.4 Å². The van der Waals surface area contributed by atoms with E-state index < -0.39 is 6.29 Å². The van der Waals surface area contributed by atoms with Crippen molar-refractivity contribution in [3.63, 3.8) is 0 Å². The first-order chi connectivity index (χ1) is 6.00. The van der Waals surface area contributed by atoms with E-state index in [1.807, 2.05) is 20.8 Å². The second kappa shape index (κ2) is 3.90. The largest absolute Gasteiger partial charge is 0.368 e. The second-order valence-corrected chi connectivity index (χ2v) is 3.56. The molecule has 0 fully saturated rings. The fourth-order valence-electron chi connectivity index (χ4n) is 1.71. The van der Waals surface area contributed by atoms with Gasteiger partial charge in [-0.3, -0.25) is 0 Å². The molecule has 0 radical (unpaired) electrons. The Hall–Kier alpha value is -0.860. The quantitative estimate of drug-likeness (QED) is 0.676. The fourth-order valence-corrected chi connectivity index (χ4v) is 1.71. The summed E-state index contributed by atoms with van der Waals surface area (Å²) in [5.41, 5.74) is 4.52. The van der Waals surface area contributed by atoms with E-state index in [1.165, 1.54) is 5.56 Å². The molecular weight excluding hydrogens is 164 g/mol. The molecular formula is C11H16O2. The van der Waals surface area contributed by atoms with Gasteiger partial charge in [0.05, 0.1) is 0 Å². The van der Waals surface area contributed by atoms with E-state index in [1.54, 1.807) is 0 Å². The molecule has 2 heteroatoms. The number of hydrogen-bond acceptors (Lipinski definition) is 2. The molecule has 0 aliphatic carbocycles. The van der Waals surface area contributed by atoms with Crippen molar-refractivity contribution in [2.24, 2.45) is 0 Å². The van der Waals surface area contributed by atoms with Crippen molar-refractivity contribution in [1.82, 2.24) is 0 Å². The zero-order valence-corrected chi connectivity index (χ0v) is 8.33. The van der Waals surface area contributed by atoms with Crippen LogP contribution in [-0.4, -0.2) is 16.5 Å². The predicted octanol–water partition coefficient (Wildman–Crippen LogP) is 1.47. The van der Waals surface area contributed by atoms with Gasteiger partial charge in [-0.1, -0.05) is 17.7 Å². The molecule has 1 aromatic rings. The molecule has 13 heavy (non-hydrogen) atoms. The molecule has 0 atom stereocenters. The highest BCUT2D eigenvalue weighted by Crippen LogP contribution is 2.17. The van der Waals surface area contributed by atoms with Gasteiger partial charge in [-0.2, -0.15) is 0 Å². The molecule has 0 unspecified atom stereocenters. The molecule has 0 saturated carbocycles. The van der Waals surface area contributed by atoms with Crippen LogP contribution in [0.25, 0.3) is 0 Å². The van der Waals surface area contributed by atoms with Crippen molar-refractivity contribution in [2.75, 3.05) is 0 Å². The van der Waals surface area contributed by atoms with E-state index in [9.17, 15) is 0 Å². The van der Waals surface area contributed by atoms with E-state index in [0.29, 0.717) is 6.42 Å². The monoisotopic (exact) mass is 180 g/mol. The molecule has 0 amide bonds. The van der Waals surface area contributed by atoms with Gasteiger partial charge >= 0.3 is 0 Å². The Morgan fingerprint density at radius 2 is 1.54 bits per heavy atom. The minimum atomic E-state index is -1.25. The zero-order valence-electron chi connectivity index (χ0n) is 8.33. The van der Waals surface area contributed by atoms with E-state index in [0.717, 1.165) is 16.7 Å². The first-order valence-corrected chi connectivity index (χ1v) is 4.43. The highest BCUT2D eigenvalue weighted by Gasteiger charge is 2.07. The normalized spacial score (nSPS) is 10.9. The lowest BCUT2D eigenvalue weighted by atomic mass is 9.97. The Labute approximate surface area is 78.8 Å². The van der Waals surface area contributed by atoms with Crippen LogP contribution >= 0.6 is 0 Å². The topological polar surface area (TPSA) is 40.5 Å². The number of benzene rings is 1. The van der Waals surface area contributed by atoms with Gasteiger partial charge in [-0.05, 0) is 37.5 Å². The Morgan fingerprint density at radius 3 is 1.92 bits per heavy atom. The van der Waals surface area contributed by atoms with Crippen molar-refractivity contribution >= 4 is 0 Å². The number of aliphatic hydroxyl groups excluding tert-OH is 1. The van der Waals surface area contributed by atoms with Crippen LogP contribution < -0.4 is 0 Å². The van der Waals surface area contributed by atoms with Crippen molar-refractivity contribution in [1.29, 1.82) is 0 Å². The standard InChI is InChI=1S/C11H16O2/c1-7-4-8(2)10(6-11(12)13)9(3)5-7/h4-5,11-13H,6H2,1-3H3. The van der Waals surface area contributed by atoms with Gasteiger partial charge in [0.2, 0.25) is 0 Å². The Morgan fingerprint density at radius 1 is 1.08 bits per heavy atom. The first kappa shape index (κ1) is 10.2. The average Bonchev–Trinajstić information content (AvgIpc) is 1.96. The Kier molecular flexibility index (Phi) is 3.07. The van der Waals surface area contributed by atoms with Gasteiger partial charge in [0.15, 0.2) is 6.29 Å². The highest BCUT2D eigenvalue weighted by molar-refractivity contribution is 5.37. The van der Waals surface area contributed by atoms with Crippen LogP contribution in [-0.2, 0) is 6.42 Å². The molecule has 0 saturated heterocycles. The lowest BCUT2D eigenvalue weighted by molar-refractivity contribution is -0.0383. The molecule has 0 aliphatic heterocycles. The summed E-state index contributed by atoms with van der Waals surface area (Å²) in [5, 5.41) is 17.8. The molecule has 0 aliphatic rings. The summed E-state index contributed by atoms with van der Waals surface area (Å²) in [7, 11) is 0. The fraction of sp³-hybridized carbons (Fsp3) is 0.455. The lowest BCUT2D eigenvalue weighted by Gasteiger charge is -2.12. The summed E-state index contributed by atoms with van der Waals surface area (Å²) < 4.78 is 0. The lowest BCUT2D eigenvalue weighted by Crippen LogP contribution is -2.10.